The van der Waals surface area contributed by atoms with Crippen LogP contribution in [-0.2, 0) is 0 Å². The van der Waals surface area contributed by atoms with Crippen molar-refractivity contribution in [3.63, 3.8) is 0 Å². The highest BCUT2D eigenvalue weighted by molar-refractivity contribution is 5.85. The van der Waals surface area contributed by atoms with Crippen LogP contribution in [0.15, 0.2) is 18.2 Å². The van der Waals surface area contributed by atoms with Crippen molar-refractivity contribution in [3.05, 3.63) is 23.8 Å². The van der Waals surface area contributed by atoms with E-state index in [0.29, 0.717) is 0 Å². The Bertz CT molecular complexity index is 453. The molecule has 0 spiro atoms. The van der Waals surface area contributed by atoms with Gasteiger partial charge < -0.3 is 15.2 Å². The normalized spacial score (nSPS) is 13.4. The summed E-state index contributed by atoms with van der Waals surface area (Å²) >= 11 is 0. The highest BCUT2D eigenvalue weighted by Crippen LogP contribution is 2.44. The standard InChI is InChI=1S/C11H12F5NO2.ClH/c1-18-7-4-3-6(5-8(7)19-2)9(17)10(12,13)11(14,15)16;/h3-5,9H,17H2,1-2H3;1H/t9-;/m0./s1. The molecule has 0 bridgehead atoms. The average Bonchev–Trinajstić information content (AvgIpc) is 2.35. The highest BCUT2D eigenvalue weighted by atomic mass is 35.5. The number of methoxy groups -OCH3 is 2. The first-order valence-electron chi connectivity index (χ1n) is 5.07. The average molecular weight is 322 g/mol. The molecule has 20 heavy (non-hydrogen) atoms. The van der Waals surface area contributed by atoms with E-state index in [0.717, 1.165) is 12.1 Å². The molecule has 0 heterocycles. The molecular weight excluding hydrogens is 309 g/mol. The Morgan fingerprint density at radius 1 is 1.00 bits per heavy atom. The molecule has 0 aliphatic carbocycles. The number of ether oxygens (including phenoxy) is 2. The maximum absolute atomic E-state index is 13.1. The summed E-state index contributed by atoms with van der Waals surface area (Å²) in [6, 6.07) is 0.710. The molecule has 1 rings (SSSR count). The number of alkyl halides is 5. The molecule has 0 amide bonds. The summed E-state index contributed by atoms with van der Waals surface area (Å²) in [5, 5.41) is 0. The molecule has 1 atom stereocenters. The van der Waals surface area contributed by atoms with Crippen molar-refractivity contribution in [1.29, 1.82) is 0 Å². The van der Waals surface area contributed by atoms with Gasteiger partial charge in [0, 0.05) is 0 Å². The lowest BCUT2D eigenvalue weighted by Crippen LogP contribution is -2.45. The third-order valence-corrected chi connectivity index (χ3v) is 2.54. The number of benzene rings is 1. The van der Waals surface area contributed by atoms with Gasteiger partial charge in [-0.2, -0.15) is 22.0 Å². The molecule has 0 radical (unpaired) electrons. The van der Waals surface area contributed by atoms with Crippen LogP contribution in [-0.4, -0.2) is 26.3 Å². The topological polar surface area (TPSA) is 44.5 Å². The fourth-order valence-corrected chi connectivity index (χ4v) is 1.43. The van der Waals surface area contributed by atoms with Gasteiger partial charge >= 0.3 is 12.1 Å². The summed E-state index contributed by atoms with van der Waals surface area (Å²) in [7, 11) is 2.54. The largest absolute Gasteiger partial charge is 0.493 e. The van der Waals surface area contributed by atoms with Gasteiger partial charge in [0.15, 0.2) is 11.5 Å². The summed E-state index contributed by atoms with van der Waals surface area (Å²) in [6.07, 6.45) is -5.72. The predicted molar refractivity (Wildman–Crippen MR) is 64.7 cm³/mol. The highest BCUT2D eigenvalue weighted by Gasteiger charge is 2.61. The van der Waals surface area contributed by atoms with Gasteiger partial charge in [0.05, 0.1) is 14.2 Å². The minimum atomic E-state index is -5.72. The zero-order chi connectivity index (χ0) is 14.8. The van der Waals surface area contributed by atoms with E-state index in [1.54, 1.807) is 0 Å². The van der Waals surface area contributed by atoms with Crippen LogP contribution >= 0.6 is 12.4 Å². The van der Waals surface area contributed by atoms with Crippen LogP contribution < -0.4 is 15.2 Å². The molecule has 0 aliphatic heterocycles. The summed E-state index contributed by atoms with van der Waals surface area (Å²) in [5.74, 6) is -4.81. The molecule has 0 fully saturated rings. The van der Waals surface area contributed by atoms with E-state index in [4.69, 9.17) is 15.2 Å². The number of nitrogens with two attached hydrogens (primary N) is 1. The van der Waals surface area contributed by atoms with Crippen LogP contribution in [0.2, 0.25) is 0 Å². The second-order valence-corrected chi connectivity index (χ2v) is 3.71. The van der Waals surface area contributed by atoms with Gasteiger partial charge in [-0.15, -0.1) is 12.4 Å². The van der Waals surface area contributed by atoms with Crippen LogP contribution in [0.5, 0.6) is 11.5 Å². The summed E-state index contributed by atoms with van der Waals surface area (Å²) in [4.78, 5) is 0. The summed E-state index contributed by atoms with van der Waals surface area (Å²) in [6.45, 7) is 0. The van der Waals surface area contributed by atoms with Crippen molar-refractivity contribution in [2.75, 3.05) is 14.2 Å². The van der Waals surface area contributed by atoms with E-state index in [2.05, 4.69) is 0 Å². The van der Waals surface area contributed by atoms with Gasteiger partial charge in [-0.05, 0) is 17.7 Å². The van der Waals surface area contributed by atoms with E-state index in [9.17, 15) is 22.0 Å². The molecular formula is C11H13ClF5NO2. The maximum atomic E-state index is 13.1. The fraction of sp³-hybridized carbons (Fsp3) is 0.455. The molecule has 9 heteroatoms. The molecule has 3 nitrogen and oxygen atoms in total. The van der Waals surface area contributed by atoms with Gasteiger partial charge in [-0.25, -0.2) is 0 Å². The molecule has 0 saturated carbocycles. The molecule has 0 aliphatic rings. The Morgan fingerprint density at radius 3 is 1.90 bits per heavy atom. The van der Waals surface area contributed by atoms with E-state index in [1.807, 2.05) is 0 Å². The molecule has 1 aromatic rings. The summed E-state index contributed by atoms with van der Waals surface area (Å²) in [5.41, 5.74) is 4.60. The predicted octanol–water partition coefficient (Wildman–Crippen LogP) is 3.32. The van der Waals surface area contributed by atoms with Crippen LogP contribution in [0.4, 0.5) is 22.0 Å². The number of halogens is 6. The Labute approximate surface area is 118 Å². The number of hydrogen-bond acceptors (Lipinski definition) is 3. The van der Waals surface area contributed by atoms with Crippen molar-refractivity contribution in [2.24, 2.45) is 5.73 Å². The Hall–Kier alpha value is -1.28. The second-order valence-electron chi connectivity index (χ2n) is 3.71. The van der Waals surface area contributed by atoms with Gasteiger partial charge in [-0.1, -0.05) is 6.07 Å². The first kappa shape index (κ1) is 18.7. The monoisotopic (exact) mass is 321 g/mol. The SMILES string of the molecule is COc1ccc([C@H](N)C(F)(F)C(F)(F)F)cc1OC.Cl. The lowest BCUT2D eigenvalue weighted by molar-refractivity contribution is -0.291. The van der Waals surface area contributed by atoms with Gasteiger partial charge in [0.1, 0.15) is 6.04 Å². The first-order chi connectivity index (χ1) is 8.65. The fourth-order valence-electron chi connectivity index (χ4n) is 1.43. The van der Waals surface area contributed by atoms with Crippen LogP contribution in [0, 0.1) is 0 Å². The smallest absolute Gasteiger partial charge is 0.455 e. The maximum Gasteiger partial charge on any atom is 0.455 e. The van der Waals surface area contributed by atoms with Crippen molar-refractivity contribution >= 4 is 12.4 Å². The lowest BCUT2D eigenvalue weighted by atomic mass is 10.0. The Kier molecular flexibility index (Phi) is 6.03. The van der Waals surface area contributed by atoms with Gasteiger partial charge in [0.25, 0.3) is 0 Å². The quantitative estimate of drug-likeness (QED) is 0.865. The zero-order valence-electron chi connectivity index (χ0n) is 10.5. The number of hydrogen-bond donors (Lipinski definition) is 1. The Morgan fingerprint density at radius 2 is 1.50 bits per heavy atom. The van der Waals surface area contributed by atoms with Gasteiger partial charge in [-0.3, -0.25) is 0 Å². The molecule has 2 N–H and O–H groups in total. The second kappa shape index (κ2) is 6.45. The van der Waals surface area contributed by atoms with Gasteiger partial charge in [0.2, 0.25) is 0 Å². The third-order valence-electron chi connectivity index (χ3n) is 2.54. The molecule has 0 saturated heterocycles. The molecule has 1 aromatic carbocycles. The van der Waals surface area contributed by atoms with Crippen molar-refractivity contribution in [3.8, 4) is 11.5 Å². The van der Waals surface area contributed by atoms with E-state index >= 15 is 0 Å². The summed E-state index contributed by atoms with van der Waals surface area (Å²) < 4.78 is 72.5. The molecule has 116 valence electrons. The van der Waals surface area contributed by atoms with Crippen LogP contribution in [0.1, 0.15) is 11.6 Å². The minimum Gasteiger partial charge on any atom is -0.493 e. The van der Waals surface area contributed by atoms with Crippen molar-refractivity contribution < 1.29 is 31.4 Å². The van der Waals surface area contributed by atoms with Crippen LogP contribution in [0.3, 0.4) is 0 Å². The Balaban J connectivity index is 0.00000361. The van der Waals surface area contributed by atoms with E-state index in [1.165, 1.54) is 20.3 Å². The van der Waals surface area contributed by atoms with Crippen molar-refractivity contribution in [1.82, 2.24) is 0 Å². The van der Waals surface area contributed by atoms with E-state index < -0.39 is 23.7 Å². The van der Waals surface area contributed by atoms with Crippen LogP contribution in [0.25, 0.3) is 0 Å². The molecule has 0 unspecified atom stereocenters. The third kappa shape index (κ3) is 3.43. The zero-order valence-corrected chi connectivity index (χ0v) is 11.3. The lowest BCUT2D eigenvalue weighted by Gasteiger charge is -2.26. The molecule has 0 aromatic heterocycles. The number of rotatable bonds is 4. The van der Waals surface area contributed by atoms with Crippen molar-refractivity contribution in [2.45, 2.75) is 18.1 Å². The first-order valence-corrected chi connectivity index (χ1v) is 5.07. The minimum absolute atomic E-state index is 0. The van der Waals surface area contributed by atoms with E-state index in [-0.39, 0.29) is 23.9 Å².